The molecule has 1 aromatic heterocycles. The number of likely N-dealkylation sites (tertiary alicyclic amines) is 1. The summed E-state index contributed by atoms with van der Waals surface area (Å²) < 4.78 is 5.37. The maximum Gasteiger partial charge on any atom is 0.142 e. The molecule has 4 fully saturated rings. The first kappa shape index (κ1) is 19.3. The quantitative estimate of drug-likeness (QED) is 0.547. The van der Waals surface area contributed by atoms with Crippen molar-refractivity contribution in [2.75, 3.05) is 38.6 Å². The number of pyridine rings is 1. The molecule has 1 aromatic rings. The Balaban J connectivity index is 1.30. The molecule has 5 rings (SSSR count). The molecule has 6 nitrogen and oxygen atoms in total. The molecule has 0 bridgehead atoms. The summed E-state index contributed by atoms with van der Waals surface area (Å²) in [6, 6.07) is 3.03. The van der Waals surface area contributed by atoms with Gasteiger partial charge in [0.1, 0.15) is 5.82 Å². The van der Waals surface area contributed by atoms with E-state index in [-0.39, 0.29) is 0 Å². The number of rotatable bonds is 7. The Morgan fingerprint density at radius 1 is 1.34 bits per heavy atom. The van der Waals surface area contributed by atoms with Gasteiger partial charge in [0, 0.05) is 37.4 Å². The van der Waals surface area contributed by atoms with Gasteiger partial charge in [-0.25, -0.2) is 4.98 Å². The van der Waals surface area contributed by atoms with Crippen LogP contribution >= 0.6 is 11.6 Å². The maximum absolute atomic E-state index is 6.19. The molecule has 0 amide bonds. The summed E-state index contributed by atoms with van der Waals surface area (Å²) >= 11 is 6.19. The number of halogens is 1. The Morgan fingerprint density at radius 3 is 2.66 bits per heavy atom. The Morgan fingerprint density at radius 2 is 2.07 bits per heavy atom. The second-order valence-corrected chi connectivity index (χ2v) is 9.38. The predicted molar refractivity (Wildman–Crippen MR) is 116 cm³/mol. The Labute approximate surface area is 177 Å². The number of nitrogen functional groups attached to an aromatic ring is 1. The van der Waals surface area contributed by atoms with Gasteiger partial charge in [0.25, 0.3) is 0 Å². The normalized spacial score (nSPS) is 30.2. The highest BCUT2D eigenvalue weighted by Gasteiger charge is 2.57. The van der Waals surface area contributed by atoms with Crippen LogP contribution in [0.5, 0.6) is 0 Å². The molecule has 156 valence electrons. The van der Waals surface area contributed by atoms with Gasteiger partial charge in [-0.1, -0.05) is 31.0 Å². The molecule has 7 heteroatoms. The van der Waals surface area contributed by atoms with Crippen molar-refractivity contribution in [2.45, 2.75) is 37.8 Å². The summed E-state index contributed by atoms with van der Waals surface area (Å²) in [6.07, 6.45) is 8.58. The molecule has 3 atom stereocenters. The van der Waals surface area contributed by atoms with Crippen LogP contribution in [-0.4, -0.2) is 65.5 Å². The van der Waals surface area contributed by atoms with Gasteiger partial charge < -0.3 is 10.5 Å². The van der Waals surface area contributed by atoms with Gasteiger partial charge in [-0.3, -0.25) is 9.91 Å². The number of fused-ring (bicyclic) bond motifs is 1. The summed E-state index contributed by atoms with van der Waals surface area (Å²) in [6.45, 7) is 9.34. The van der Waals surface area contributed by atoms with Crippen molar-refractivity contribution in [2.24, 2.45) is 22.9 Å². The van der Waals surface area contributed by atoms with Crippen molar-refractivity contribution in [1.29, 1.82) is 0 Å². The van der Waals surface area contributed by atoms with Crippen LogP contribution in [0.15, 0.2) is 30.0 Å². The van der Waals surface area contributed by atoms with Gasteiger partial charge in [0.15, 0.2) is 0 Å². The lowest BCUT2D eigenvalue weighted by Crippen LogP contribution is -2.49. The third-order valence-electron chi connectivity index (χ3n) is 7.28. The fourth-order valence-corrected chi connectivity index (χ4v) is 5.48. The number of nitrogens with zero attached hydrogens (tertiary/aromatic N) is 4. The number of nitrogens with two attached hydrogens (primary N) is 1. The van der Waals surface area contributed by atoms with E-state index < -0.39 is 0 Å². The van der Waals surface area contributed by atoms with E-state index in [1.165, 1.54) is 38.8 Å². The minimum atomic E-state index is 0.346. The number of hydrogen-bond acceptors (Lipinski definition) is 6. The monoisotopic (exact) mass is 415 g/mol. The molecular weight excluding hydrogens is 386 g/mol. The number of ether oxygens (including phenoxy) is 1. The largest absolute Gasteiger partial charge is 0.382 e. The summed E-state index contributed by atoms with van der Waals surface area (Å²) in [5, 5.41) is 7.88. The van der Waals surface area contributed by atoms with Crippen molar-refractivity contribution in [3.63, 3.8) is 0 Å². The third kappa shape index (κ3) is 3.78. The van der Waals surface area contributed by atoms with Crippen LogP contribution in [0.25, 0.3) is 0 Å². The van der Waals surface area contributed by atoms with Crippen molar-refractivity contribution in [1.82, 2.24) is 14.9 Å². The SMILES string of the molecule is C=C/C(=N\N(CC1[C@H]2CN(C3COC3)C[C@@H]12)C1CCCC1)c1cnc(N)c(Cl)c1. The van der Waals surface area contributed by atoms with E-state index in [1.807, 2.05) is 6.07 Å². The number of allylic oxidation sites excluding steroid dienone is 1. The van der Waals surface area contributed by atoms with Gasteiger partial charge >= 0.3 is 0 Å². The lowest BCUT2D eigenvalue weighted by molar-refractivity contribution is -0.0621. The lowest BCUT2D eigenvalue weighted by atomic mass is 10.1. The van der Waals surface area contributed by atoms with Gasteiger partial charge in [0.2, 0.25) is 0 Å². The van der Waals surface area contributed by atoms with E-state index in [0.717, 1.165) is 48.8 Å². The molecule has 2 aliphatic carbocycles. The van der Waals surface area contributed by atoms with E-state index in [9.17, 15) is 0 Å². The number of hydrazone groups is 1. The number of anilines is 1. The first-order valence-corrected chi connectivity index (χ1v) is 11.2. The van der Waals surface area contributed by atoms with E-state index in [1.54, 1.807) is 12.3 Å². The van der Waals surface area contributed by atoms with E-state index >= 15 is 0 Å². The lowest BCUT2D eigenvalue weighted by Gasteiger charge is -2.36. The van der Waals surface area contributed by atoms with Gasteiger partial charge in [0.05, 0.1) is 30.0 Å². The average Bonchev–Trinajstić information content (AvgIpc) is 3.10. The summed E-state index contributed by atoms with van der Waals surface area (Å²) in [7, 11) is 0. The van der Waals surface area contributed by atoms with E-state index in [0.29, 0.717) is 22.9 Å². The van der Waals surface area contributed by atoms with Crippen LogP contribution in [0, 0.1) is 17.8 Å². The van der Waals surface area contributed by atoms with Gasteiger partial charge in [-0.2, -0.15) is 5.10 Å². The van der Waals surface area contributed by atoms with Crippen molar-refractivity contribution >= 4 is 23.1 Å². The standard InChI is InChI=1S/C22H30ClN5O/c1-2-21(14-7-20(23)22(24)25-8-14)26-28(15-5-3-4-6-15)11-19-17-9-27(10-18(17)19)16-12-29-13-16/h2,7-8,15-19H,1,3-6,9-13H2,(H2,24,25)/b26-21+/t17-,18+,19?. The fourth-order valence-electron chi connectivity index (χ4n) is 5.32. The third-order valence-corrected chi connectivity index (χ3v) is 7.58. The van der Waals surface area contributed by atoms with Crippen molar-refractivity contribution in [3.8, 4) is 0 Å². The van der Waals surface area contributed by atoms with Crippen LogP contribution in [0.4, 0.5) is 5.82 Å². The molecule has 4 aliphatic rings. The van der Waals surface area contributed by atoms with Gasteiger partial charge in [-0.15, -0.1) is 0 Å². The Kier molecular flexibility index (Phi) is 5.26. The molecule has 3 heterocycles. The molecule has 2 saturated carbocycles. The Hall–Kier alpha value is -1.63. The predicted octanol–water partition coefficient (Wildman–Crippen LogP) is 3.03. The topological polar surface area (TPSA) is 67.0 Å². The van der Waals surface area contributed by atoms with E-state index in [4.69, 9.17) is 27.2 Å². The zero-order chi connectivity index (χ0) is 20.0. The molecule has 2 aliphatic heterocycles. The summed E-state index contributed by atoms with van der Waals surface area (Å²) in [5.74, 6) is 2.76. The smallest absolute Gasteiger partial charge is 0.142 e. The van der Waals surface area contributed by atoms with Crippen molar-refractivity contribution < 1.29 is 4.74 Å². The highest BCUT2D eigenvalue weighted by Crippen LogP contribution is 2.53. The van der Waals surface area contributed by atoms with Gasteiger partial charge in [-0.05, 0) is 42.7 Å². The molecule has 29 heavy (non-hydrogen) atoms. The molecule has 0 spiro atoms. The fraction of sp³-hybridized carbons (Fsp3) is 0.636. The highest BCUT2D eigenvalue weighted by atomic mass is 35.5. The maximum atomic E-state index is 6.19. The van der Waals surface area contributed by atoms with Crippen molar-refractivity contribution in [3.05, 3.63) is 35.5 Å². The zero-order valence-electron chi connectivity index (χ0n) is 16.8. The highest BCUT2D eigenvalue weighted by molar-refractivity contribution is 6.33. The second kappa shape index (κ2) is 7.89. The molecule has 1 unspecified atom stereocenters. The zero-order valence-corrected chi connectivity index (χ0v) is 17.6. The average molecular weight is 416 g/mol. The van der Waals surface area contributed by atoms with Crippen LogP contribution in [0.1, 0.15) is 31.2 Å². The molecular formula is C22H30ClN5O. The molecule has 2 saturated heterocycles. The minimum absolute atomic E-state index is 0.346. The number of hydrogen-bond donors (Lipinski definition) is 1. The van der Waals surface area contributed by atoms with Crippen LogP contribution < -0.4 is 5.73 Å². The number of aromatic nitrogens is 1. The molecule has 2 N–H and O–H groups in total. The summed E-state index contributed by atoms with van der Waals surface area (Å²) in [5.41, 5.74) is 7.47. The Bertz CT molecular complexity index is 792. The minimum Gasteiger partial charge on any atom is -0.382 e. The van der Waals surface area contributed by atoms with Crippen LogP contribution in [-0.2, 0) is 4.74 Å². The van der Waals surface area contributed by atoms with Crippen LogP contribution in [0.3, 0.4) is 0 Å². The molecule has 0 aromatic carbocycles. The summed E-state index contributed by atoms with van der Waals surface area (Å²) in [4.78, 5) is 6.83. The van der Waals surface area contributed by atoms with E-state index in [2.05, 4.69) is 21.5 Å². The van der Waals surface area contributed by atoms with Crippen LogP contribution in [0.2, 0.25) is 5.02 Å². The molecule has 0 radical (unpaired) electrons. The first-order valence-electron chi connectivity index (χ1n) is 10.8. The second-order valence-electron chi connectivity index (χ2n) is 8.98. The first-order chi connectivity index (χ1) is 14.1. The number of piperidine rings is 1.